The number of hydrogen-bond acceptors (Lipinski definition) is 7. The van der Waals surface area contributed by atoms with Gasteiger partial charge in [0.25, 0.3) is 23.8 Å². The Hall–Kier alpha value is -6.12. The molecule has 0 spiro atoms. The van der Waals surface area contributed by atoms with Crippen LogP contribution in [0, 0.1) is 81.1 Å². The molecule has 0 N–H and O–H groups in total. The van der Waals surface area contributed by atoms with Crippen LogP contribution in [0.4, 0.5) is 74.6 Å². The van der Waals surface area contributed by atoms with Crippen LogP contribution in [0.15, 0.2) is 16.7 Å². The third kappa shape index (κ3) is 6.01. The highest BCUT2D eigenvalue weighted by Gasteiger charge is 2.52. The summed E-state index contributed by atoms with van der Waals surface area (Å²) in [6.45, 7) is 0. The van der Waals surface area contributed by atoms with Crippen molar-refractivity contribution in [1.29, 1.82) is 15.8 Å². The highest BCUT2D eigenvalue weighted by molar-refractivity contribution is 6.12. The van der Waals surface area contributed by atoms with E-state index in [4.69, 9.17) is 0 Å². The topological polar surface area (TPSA) is 123 Å². The third-order valence-corrected chi connectivity index (χ3v) is 6.22. The molecule has 0 unspecified atom stereocenters. The maximum absolute atomic E-state index is 14.7. The van der Waals surface area contributed by atoms with Crippen LogP contribution in [0.25, 0.3) is 16.7 Å². The van der Waals surface area contributed by atoms with Gasteiger partial charge in [-0.05, 0) is 0 Å². The van der Waals surface area contributed by atoms with Gasteiger partial charge in [0, 0.05) is 16.7 Å². The fraction of sp³-hybridized carbons (Fsp3) is 0.115. The number of rotatable bonds is 3. The number of aromatic nitrogens is 4. The second-order valence-electron chi connectivity index (χ2n) is 9.09. The molecule has 0 atom stereocenters. The van der Waals surface area contributed by atoms with Crippen LogP contribution >= 0.6 is 0 Å². The van der Waals surface area contributed by atoms with E-state index in [2.05, 4.69) is 9.97 Å². The Labute approximate surface area is 262 Å². The zero-order valence-corrected chi connectivity index (χ0v) is 22.6. The van der Waals surface area contributed by atoms with Crippen LogP contribution in [-0.2, 0) is 18.5 Å². The molecule has 3 aromatic rings. The monoisotopic (exact) mass is 733 g/mol. The molecule has 50 heavy (non-hydrogen) atoms. The van der Waals surface area contributed by atoms with Crippen molar-refractivity contribution in [3.63, 3.8) is 0 Å². The molecule has 0 saturated heterocycles. The first-order valence-electron chi connectivity index (χ1n) is 11.9. The second kappa shape index (κ2) is 12.1. The summed E-state index contributed by atoms with van der Waals surface area (Å²) in [6.07, 6.45) is -18.9. The van der Waals surface area contributed by atoms with Gasteiger partial charge in [-0.2, -0.15) is 82.8 Å². The highest BCUT2D eigenvalue weighted by atomic mass is 19.4. The molecule has 1 aliphatic carbocycles. The van der Waals surface area contributed by atoms with Crippen molar-refractivity contribution in [2.24, 2.45) is 0 Å². The summed E-state index contributed by atoms with van der Waals surface area (Å²) in [7, 11) is 0. The van der Waals surface area contributed by atoms with Crippen LogP contribution in [0.5, 0.6) is 0 Å². The molecule has 0 amide bonds. The first-order chi connectivity index (χ1) is 22.9. The van der Waals surface area contributed by atoms with Gasteiger partial charge in [-0.1, -0.05) is 0 Å². The minimum absolute atomic E-state index is 0.624. The molecule has 24 heteroatoms. The second-order valence-corrected chi connectivity index (χ2v) is 9.09. The molecular weight excluding hydrogens is 733 g/mol. The Balaban J connectivity index is 2.42. The van der Waals surface area contributed by atoms with E-state index >= 15 is 0 Å². The lowest BCUT2D eigenvalue weighted by molar-refractivity contribution is -0.159. The normalized spacial score (nSPS) is 16.4. The Morgan fingerprint density at radius 3 is 0.880 bits per heavy atom. The Bertz CT molecular complexity index is 2050. The van der Waals surface area contributed by atoms with Crippen molar-refractivity contribution in [2.45, 2.75) is 18.5 Å². The lowest BCUT2D eigenvalue weighted by atomic mass is 9.99. The van der Waals surface area contributed by atoms with E-state index in [-0.39, 0.29) is 0 Å². The fourth-order valence-electron chi connectivity index (χ4n) is 4.30. The van der Waals surface area contributed by atoms with E-state index in [9.17, 15) is 90.4 Å². The molecule has 1 fully saturated rings. The third-order valence-electron chi connectivity index (χ3n) is 6.22. The standard InChI is InChI=1S/C26F17N7/c27-13-10(14(28)20(32)49-19(13)31)4(1-44)7-8(5(2-45)11-15(29)21(33)50-22(34)16(11)30)9(7)6(3-46)12-17(24(35,36)37)47-23(26(41,42)43)48-18(12)25(38,39)40/b7-4+,8-5?,9-6+. The van der Waals surface area contributed by atoms with Crippen molar-refractivity contribution in [1.82, 2.24) is 19.9 Å². The minimum Gasteiger partial charge on any atom is -0.219 e. The Morgan fingerprint density at radius 2 is 0.660 bits per heavy atom. The molecule has 3 heterocycles. The molecule has 1 aliphatic rings. The summed E-state index contributed by atoms with van der Waals surface area (Å²) in [5.74, 6) is -24.0. The summed E-state index contributed by atoms with van der Waals surface area (Å²) in [4.78, 5) is 8.25. The number of nitrogens with zero attached hydrogens (tertiary/aromatic N) is 7. The number of allylic oxidation sites excluding steroid dienone is 6. The number of pyridine rings is 2. The number of hydrogen-bond donors (Lipinski definition) is 0. The van der Waals surface area contributed by atoms with E-state index in [1.807, 2.05) is 9.97 Å². The van der Waals surface area contributed by atoms with Gasteiger partial charge in [-0.15, -0.1) is 0 Å². The SMILES string of the molecule is N#CC(=C1C(=C(\C#N)c2c(C(F)(F)F)nc(C(F)(F)F)nc2C(F)(F)F)/C1=C(\C#N)c1c(F)c(F)nc(F)c1F)c1c(F)c(F)nc(F)c1F. The van der Waals surface area contributed by atoms with Crippen molar-refractivity contribution in [3.8, 4) is 18.2 Å². The van der Waals surface area contributed by atoms with Gasteiger partial charge in [-0.25, -0.2) is 27.5 Å². The Kier molecular flexibility index (Phi) is 8.87. The maximum Gasteiger partial charge on any atom is 0.451 e. The summed E-state index contributed by atoms with van der Waals surface area (Å²) in [5.41, 5.74) is -25.2. The largest absolute Gasteiger partial charge is 0.451 e. The molecule has 4 rings (SSSR count). The smallest absolute Gasteiger partial charge is 0.219 e. The van der Waals surface area contributed by atoms with E-state index in [1.165, 1.54) is 0 Å². The summed E-state index contributed by atoms with van der Waals surface area (Å²) in [5, 5.41) is 29.2. The minimum atomic E-state index is -6.40. The molecule has 7 nitrogen and oxygen atoms in total. The van der Waals surface area contributed by atoms with E-state index in [0.717, 1.165) is 12.1 Å². The highest BCUT2D eigenvalue weighted by Crippen LogP contribution is 2.58. The van der Waals surface area contributed by atoms with Gasteiger partial charge in [0.05, 0.1) is 33.4 Å². The van der Waals surface area contributed by atoms with Gasteiger partial charge < -0.3 is 0 Å². The van der Waals surface area contributed by atoms with Crippen molar-refractivity contribution >= 4 is 16.7 Å². The number of nitriles is 3. The first-order valence-corrected chi connectivity index (χ1v) is 11.9. The van der Waals surface area contributed by atoms with Crippen molar-refractivity contribution in [2.75, 3.05) is 0 Å². The van der Waals surface area contributed by atoms with Crippen LogP contribution in [-0.4, -0.2) is 19.9 Å². The fourth-order valence-corrected chi connectivity index (χ4v) is 4.30. The summed E-state index contributed by atoms with van der Waals surface area (Å²) < 4.78 is 239. The first kappa shape index (κ1) is 36.7. The van der Waals surface area contributed by atoms with Gasteiger partial charge in [0.15, 0.2) is 34.7 Å². The molecular formula is C26F17N7. The number of alkyl halides is 9. The molecule has 3 aromatic heterocycles. The molecule has 0 radical (unpaired) electrons. The van der Waals surface area contributed by atoms with Crippen LogP contribution in [0.2, 0.25) is 0 Å². The van der Waals surface area contributed by atoms with Gasteiger partial charge in [0.2, 0.25) is 5.82 Å². The molecule has 0 bridgehead atoms. The van der Waals surface area contributed by atoms with E-state index in [1.54, 1.807) is 0 Å². The molecule has 0 aromatic carbocycles. The van der Waals surface area contributed by atoms with Gasteiger partial charge in [-0.3, -0.25) is 0 Å². The molecule has 0 aliphatic heterocycles. The molecule has 1 saturated carbocycles. The quantitative estimate of drug-likeness (QED) is 0.154. The zero-order valence-electron chi connectivity index (χ0n) is 22.6. The zero-order chi connectivity index (χ0) is 38.0. The van der Waals surface area contributed by atoms with Crippen LogP contribution < -0.4 is 0 Å². The average Bonchev–Trinajstić information content (AvgIpc) is 3.71. The summed E-state index contributed by atoms with van der Waals surface area (Å²) in [6, 6.07) is 2.20. The number of halogens is 17. The lowest BCUT2D eigenvalue weighted by Crippen LogP contribution is -2.25. The maximum atomic E-state index is 14.7. The predicted molar refractivity (Wildman–Crippen MR) is 123 cm³/mol. The average molecular weight is 733 g/mol. The van der Waals surface area contributed by atoms with Gasteiger partial charge in [0.1, 0.15) is 18.2 Å². The van der Waals surface area contributed by atoms with Crippen molar-refractivity contribution < 1.29 is 74.6 Å². The predicted octanol–water partition coefficient (Wildman–Crippen LogP) is 7.68. The van der Waals surface area contributed by atoms with Crippen LogP contribution in [0.1, 0.15) is 33.9 Å². The van der Waals surface area contributed by atoms with Crippen LogP contribution in [0.3, 0.4) is 0 Å². The lowest BCUT2D eigenvalue weighted by Gasteiger charge is -2.18. The van der Waals surface area contributed by atoms with Crippen molar-refractivity contribution in [3.05, 3.63) is 97.7 Å². The van der Waals surface area contributed by atoms with E-state index in [0.29, 0.717) is 6.07 Å². The Morgan fingerprint density at radius 1 is 0.400 bits per heavy atom. The van der Waals surface area contributed by atoms with Gasteiger partial charge >= 0.3 is 18.5 Å². The summed E-state index contributed by atoms with van der Waals surface area (Å²) >= 11 is 0. The molecule has 258 valence electrons. The van der Waals surface area contributed by atoms with E-state index < -0.39 is 133 Å².